The average Bonchev–Trinajstić information content (AvgIpc) is 3.21. The minimum absolute atomic E-state index is 0. The molecule has 0 bridgehead atoms. The van der Waals surface area contributed by atoms with E-state index in [1.54, 1.807) is 18.2 Å². The van der Waals surface area contributed by atoms with Crippen molar-refractivity contribution in [2.24, 2.45) is 0 Å². The summed E-state index contributed by atoms with van der Waals surface area (Å²) < 4.78 is 77.1. The monoisotopic (exact) mass is 906 g/mol. The van der Waals surface area contributed by atoms with E-state index in [-0.39, 0.29) is 59.9 Å². The Hall–Kier alpha value is -2.84. The molecule has 0 saturated heterocycles. The Bertz CT molecular complexity index is 1910. The fourth-order valence-corrected chi connectivity index (χ4v) is 7.90. The molecule has 0 aliphatic carbocycles. The number of ether oxygens (including phenoxy) is 2. The second-order valence-corrected chi connectivity index (χ2v) is 18.3. The number of phenolic OH excluding ortho intramolecular Hbond substituents is 1. The number of para-hydroxylation sites is 2. The van der Waals surface area contributed by atoms with Crippen LogP contribution in [0.4, 0.5) is 0 Å². The third-order valence-electron chi connectivity index (χ3n) is 10.4. The van der Waals surface area contributed by atoms with Gasteiger partial charge in [-0.05, 0) is 73.2 Å². The van der Waals surface area contributed by atoms with Crippen LogP contribution in [0.2, 0.25) is 0 Å². The summed E-state index contributed by atoms with van der Waals surface area (Å²) in [5.41, 5.74) is 1.97. The molecule has 0 heterocycles. The zero-order chi connectivity index (χ0) is 43.6. The Morgan fingerprint density at radius 2 is 0.869 bits per heavy atom. The fraction of sp³-hybridized carbons (Fsp3) is 0.500. The van der Waals surface area contributed by atoms with Gasteiger partial charge in [-0.15, -0.1) is 0 Å². The largest absolute Gasteiger partial charge is 2.00 e. The standard InChI is InChI=1S/2C24H34O5S.Ca/c2*1-2-3-4-5-6-7-8-9-10-11-14-20-15-12-13-16-23(20)29-24-19-21(30(26,27)28)17-18-22(24)25;/h2*12-13,15-19,25H,2-11,14H2,1H3,(H,26,27,28);/q;;+2/p-2. The molecule has 0 aromatic heterocycles. The minimum atomic E-state index is -4.65. The van der Waals surface area contributed by atoms with Crippen molar-refractivity contribution in [1.82, 2.24) is 0 Å². The van der Waals surface area contributed by atoms with E-state index >= 15 is 0 Å². The molecular formula is C48H66CaO10S2. The first-order valence-corrected chi connectivity index (χ1v) is 24.8. The number of rotatable bonds is 28. The quantitative estimate of drug-likeness (QED) is 0.0317. The molecule has 0 amide bonds. The average molecular weight is 907 g/mol. The van der Waals surface area contributed by atoms with Crippen molar-refractivity contribution in [3.8, 4) is 34.5 Å². The van der Waals surface area contributed by atoms with Gasteiger partial charge in [0.15, 0.2) is 11.5 Å². The number of aryl methyl sites for hydroxylation is 2. The maximum atomic E-state index is 12.0. The van der Waals surface area contributed by atoms with Gasteiger partial charge < -0.3 is 24.2 Å². The zero-order valence-corrected chi connectivity index (χ0v) is 40.2. The van der Waals surface area contributed by atoms with E-state index in [2.05, 4.69) is 13.8 Å². The third kappa shape index (κ3) is 21.9. The van der Waals surface area contributed by atoms with E-state index in [1.165, 1.54) is 109 Å². The number of benzene rings is 4. The summed E-state index contributed by atoms with van der Waals surface area (Å²) in [6, 6.07) is 21.5. The molecule has 0 aliphatic heterocycles. The first kappa shape index (κ1) is 54.3. The predicted molar refractivity (Wildman–Crippen MR) is 242 cm³/mol. The topological polar surface area (TPSA) is 173 Å². The number of hydrogen-bond donors (Lipinski definition) is 2. The SMILES string of the molecule is CCCCCCCCCCCCc1ccccc1Oc1cc(S(=O)(=O)O)ccc1O.CCCCCCCCCCCCc1ccccc1Oc1cc(S(=O)(=O)[O-])ccc1[O-].[Ca+2]. The van der Waals surface area contributed by atoms with Crippen molar-refractivity contribution >= 4 is 58.0 Å². The number of aromatic hydroxyl groups is 1. The van der Waals surface area contributed by atoms with Gasteiger partial charge in [0.05, 0.1) is 9.79 Å². The summed E-state index contributed by atoms with van der Waals surface area (Å²) in [5, 5.41) is 22.1. The van der Waals surface area contributed by atoms with Crippen LogP contribution in [0.5, 0.6) is 34.5 Å². The van der Waals surface area contributed by atoms with E-state index in [9.17, 15) is 36.2 Å². The van der Waals surface area contributed by atoms with Gasteiger partial charge in [0, 0.05) is 6.07 Å². The van der Waals surface area contributed by atoms with Crippen molar-refractivity contribution in [2.75, 3.05) is 0 Å². The Labute approximate surface area is 396 Å². The smallest absolute Gasteiger partial charge is 0.870 e. The van der Waals surface area contributed by atoms with Crippen molar-refractivity contribution in [1.29, 1.82) is 0 Å². The normalized spacial score (nSPS) is 11.3. The van der Waals surface area contributed by atoms with Crippen LogP contribution in [0.3, 0.4) is 0 Å². The van der Waals surface area contributed by atoms with Crippen LogP contribution in [-0.2, 0) is 33.1 Å². The molecule has 0 saturated carbocycles. The fourth-order valence-electron chi connectivity index (χ4n) is 6.92. The van der Waals surface area contributed by atoms with E-state index in [0.29, 0.717) is 11.5 Å². The summed E-state index contributed by atoms with van der Waals surface area (Å²) in [6.07, 6.45) is 27.0. The van der Waals surface area contributed by atoms with Crippen LogP contribution in [0, 0.1) is 0 Å². The summed E-state index contributed by atoms with van der Waals surface area (Å²) in [5.74, 6) is 0.303. The van der Waals surface area contributed by atoms with Gasteiger partial charge in [-0.3, -0.25) is 4.55 Å². The predicted octanol–water partition coefficient (Wildman–Crippen LogP) is 12.4. The number of phenols is 1. The maximum absolute atomic E-state index is 12.0. The molecule has 4 aromatic carbocycles. The van der Waals surface area contributed by atoms with Crippen molar-refractivity contribution in [3.05, 3.63) is 96.1 Å². The molecular weight excluding hydrogens is 841 g/mol. The van der Waals surface area contributed by atoms with Crippen molar-refractivity contribution < 1.29 is 45.6 Å². The molecule has 4 aromatic rings. The van der Waals surface area contributed by atoms with Crippen LogP contribution in [-0.4, -0.2) is 68.8 Å². The van der Waals surface area contributed by atoms with E-state index < -0.39 is 30.9 Å². The van der Waals surface area contributed by atoms with E-state index in [4.69, 9.17) is 9.47 Å². The van der Waals surface area contributed by atoms with E-state index in [1.807, 2.05) is 30.3 Å². The molecule has 4 rings (SSSR count). The summed E-state index contributed by atoms with van der Waals surface area (Å²) >= 11 is 0. The molecule has 0 fully saturated rings. The van der Waals surface area contributed by atoms with Gasteiger partial charge in [0.25, 0.3) is 10.1 Å². The van der Waals surface area contributed by atoms with Crippen LogP contribution in [0.15, 0.2) is 94.7 Å². The minimum Gasteiger partial charge on any atom is -0.870 e. The molecule has 61 heavy (non-hydrogen) atoms. The molecule has 0 radical (unpaired) electrons. The third-order valence-corrected chi connectivity index (χ3v) is 12.1. The maximum Gasteiger partial charge on any atom is 2.00 e. The van der Waals surface area contributed by atoms with Crippen LogP contribution in [0.25, 0.3) is 0 Å². The molecule has 0 atom stereocenters. The van der Waals surface area contributed by atoms with Gasteiger partial charge in [-0.25, -0.2) is 8.42 Å². The van der Waals surface area contributed by atoms with Gasteiger partial charge in [0.1, 0.15) is 27.4 Å². The van der Waals surface area contributed by atoms with Crippen LogP contribution in [0.1, 0.15) is 153 Å². The zero-order valence-electron chi connectivity index (χ0n) is 36.3. The molecule has 10 nitrogen and oxygen atoms in total. The van der Waals surface area contributed by atoms with Crippen LogP contribution >= 0.6 is 0 Å². The van der Waals surface area contributed by atoms with Gasteiger partial charge in [-0.1, -0.05) is 178 Å². The van der Waals surface area contributed by atoms with Gasteiger partial charge in [0.2, 0.25) is 0 Å². The Kier molecular flexibility index (Phi) is 27.0. The first-order chi connectivity index (χ1) is 28.8. The summed E-state index contributed by atoms with van der Waals surface area (Å²) in [6.45, 7) is 4.47. The van der Waals surface area contributed by atoms with Gasteiger partial charge in [-0.2, -0.15) is 8.42 Å². The van der Waals surface area contributed by atoms with Crippen molar-refractivity contribution in [2.45, 2.75) is 165 Å². The number of unbranched alkanes of at least 4 members (excludes halogenated alkanes) is 18. The summed E-state index contributed by atoms with van der Waals surface area (Å²) in [7, 11) is -9.01. The second-order valence-electron chi connectivity index (χ2n) is 15.5. The Balaban J connectivity index is 0.000000413. The molecule has 0 spiro atoms. The van der Waals surface area contributed by atoms with Gasteiger partial charge >= 0.3 is 37.7 Å². The van der Waals surface area contributed by atoms with Crippen molar-refractivity contribution in [3.63, 3.8) is 0 Å². The molecule has 13 heteroatoms. The van der Waals surface area contributed by atoms with Crippen LogP contribution < -0.4 is 14.6 Å². The second kappa shape index (κ2) is 30.3. The Morgan fingerprint density at radius 3 is 1.30 bits per heavy atom. The molecule has 0 aliphatic rings. The molecule has 2 N–H and O–H groups in total. The summed E-state index contributed by atoms with van der Waals surface area (Å²) in [4.78, 5) is -0.785. The molecule has 332 valence electrons. The van der Waals surface area contributed by atoms with E-state index in [0.717, 1.165) is 80.0 Å². The molecule has 0 unspecified atom stereocenters. The number of hydrogen-bond acceptors (Lipinski definition) is 9. The Morgan fingerprint density at radius 1 is 0.492 bits per heavy atom. The first-order valence-electron chi connectivity index (χ1n) is 21.9.